The van der Waals surface area contributed by atoms with Crippen molar-refractivity contribution in [1.29, 1.82) is 0 Å². The van der Waals surface area contributed by atoms with Gasteiger partial charge in [0.15, 0.2) is 11.5 Å². The lowest BCUT2D eigenvalue weighted by molar-refractivity contribution is 0.703. The van der Waals surface area contributed by atoms with Crippen molar-refractivity contribution in [3.8, 4) is 23.7 Å². The molecular formula is C18H16N4O2S. The number of rotatable bonds is 3. The van der Waals surface area contributed by atoms with E-state index in [0.29, 0.717) is 27.6 Å². The summed E-state index contributed by atoms with van der Waals surface area (Å²) in [6, 6.07) is 7.73. The molecule has 0 N–H and O–H groups in total. The number of nitrogens with zero attached hydrogens (tertiary/aromatic N) is 4. The highest BCUT2D eigenvalue weighted by Gasteiger charge is 2.17. The highest BCUT2D eigenvalue weighted by atomic mass is 32.2. The van der Waals surface area contributed by atoms with E-state index in [9.17, 15) is 9.59 Å². The Morgan fingerprint density at radius 1 is 1.20 bits per heavy atom. The van der Waals surface area contributed by atoms with Gasteiger partial charge in [-0.2, -0.15) is 0 Å². The van der Waals surface area contributed by atoms with Gasteiger partial charge in [-0.05, 0) is 13.0 Å². The largest absolute Gasteiger partial charge is 0.332 e. The Bertz CT molecular complexity index is 1140. The number of hydrogen-bond donors (Lipinski definition) is 0. The van der Waals surface area contributed by atoms with Crippen molar-refractivity contribution in [2.45, 2.75) is 11.9 Å². The number of aryl methyl sites for hydroxylation is 2. The number of terminal acetylenes is 1. The minimum atomic E-state index is -0.431. The summed E-state index contributed by atoms with van der Waals surface area (Å²) in [6.07, 6.45) is 5.36. The minimum absolute atomic E-state index is 0.305. The van der Waals surface area contributed by atoms with Crippen LogP contribution in [0.15, 0.2) is 38.9 Å². The third-order valence-electron chi connectivity index (χ3n) is 3.84. The van der Waals surface area contributed by atoms with Gasteiger partial charge in [-0.15, -0.1) is 6.42 Å². The van der Waals surface area contributed by atoms with Crippen LogP contribution in [0.1, 0.15) is 5.56 Å². The van der Waals surface area contributed by atoms with Crippen LogP contribution >= 0.6 is 11.8 Å². The fourth-order valence-electron chi connectivity index (χ4n) is 2.56. The zero-order chi connectivity index (χ0) is 18.1. The monoisotopic (exact) mass is 352 g/mol. The molecule has 0 fully saturated rings. The lowest BCUT2D eigenvalue weighted by Crippen LogP contribution is -2.37. The third-order valence-corrected chi connectivity index (χ3v) is 4.72. The SMILES string of the molecule is C#CCSc1nc(-c2cccc(C)c2)nc2c1c(=O)n(C)c(=O)n2C. The maximum atomic E-state index is 12.6. The van der Waals surface area contributed by atoms with Crippen LogP contribution in [0.4, 0.5) is 0 Å². The smallest absolute Gasteiger partial charge is 0.280 e. The molecule has 0 saturated heterocycles. The third kappa shape index (κ3) is 2.96. The van der Waals surface area contributed by atoms with Crippen LogP contribution in [0.3, 0.4) is 0 Å². The molecule has 0 aliphatic heterocycles. The Balaban J connectivity index is 2.41. The van der Waals surface area contributed by atoms with Crippen molar-refractivity contribution in [3.05, 3.63) is 50.7 Å². The Hall–Kier alpha value is -2.85. The standard InChI is InChI=1S/C18H16N4O2S/c1-5-9-25-16-13-15(21(3)18(24)22(4)17(13)23)19-14(20-16)12-8-6-7-11(2)10-12/h1,6-8,10H,9H2,2-4H3. The van der Waals surface area contributed by atoms with Crippen LogP contribution in [0.2, 0.25) is 0 Å². The molecule has 2 aromatic heterocycles. The summed E-state index contributed by atoms with van der Waals surface area (Å²) < 4.78 is 2.41. The molecule has 0 amide bonds. The number of benzene rings is 1. The second kappa shape index (κ2) is 6.57. The molecule has 0 saturated carbocycles. The molecule has 0 aliphatic rings. The predicted molar refractivity (Wildman–Crippen MR) is 99.8 cm³/mol. The molecule has 3 aromatic rings. The average Bonchev–Trinajstić information content (AvgIpc) is 2.62. The predicted octanol–water partition coefficient (Wildman–Crippen LogP) is 1.73. The van der Waals surface area contributed by atoms with Gasteiger partial charge in [0.1, 0.15) is 10.4 Å². The highest BCUT2D eigenvalue weighted by molar-refractivity contribution is 7.99. The number of fused-ring (bicyclic) bond motifs is 1. The molecular weight excluding hydrogens is 336 g/mol. The van der Waals surface area contributed by atoms with E-state index in [1.165, 1.54) is 23.4 Å². The van der Waals surface area contributed by atoms with Gasteiger partial charge in [-0.1, -0.05) is 41.4 Å². The number of thioether (sulfide) groups is 1. The summed E-state index contributed by atoms with van der Waals surface area (Å²) >= 11 is 1.28. The van der Waals surface area contributed by atoms with Gasteiger partial charge in [0, 0.05) is 19.7 Å². The van der Waals surface area contributed by atoms with E-state index in [4.69, 9.17) is 6.42 Å². The first kappa shape index (κ1) is 17.0. The van der Waals surface area contributed by atoms with Gasteiger partial charge in [-0.25, -0.2) is 14.8 Å². The maximum Gasteiger partial charge on any atom is 0.332 e. The second-order valence-electron chi connectivity index (χ2n) is 5.62. The number of hydrogen-bond acceptors (Lipinski definition) is 5. The van der Waals surface area contributed by atoms with E-state index in [-0.39, 0.29) is 0 Å². The molecule has 0 aliphatic carbocycles. The fraction of sp³-hybridized carbons (Fsp3) is 0.222. The van der Waals surface area contributed by atoms with Crippen molar-refractivity contribution in [3.63, 3.8) is 0 Å². The van der Waals surface area contributed by atoms with Crippen molar-refractivity contribution >= 4 is 22.8 Å². The molecule has 0 spiro atoms. The van der Waals surface area contributed by atoms with Crippen LogP contribution in [0.25, 0.3) is 22.4 Å². The quantitative estimate of drug-likeness (QED) is 0.408. The number of aromatic nitrogens is 4. The van der Waals surface area contributed by atoms with Crippen molar-refractivity contribution in [2.24, 2.45) is 14.1 Å². The fourth-order valence-corrected chi connectivity index (χ4v) is 3.25. The van der Waals surface area contributed by atoms with Gasteiger partial charge in [0.25, 0.3) is 5.56 Å². The summed E-state index contributed by atoms with van der Waals surface area (Å²) in [5, 5.41) is 0.789. The van der Waals surface area contributed by atoms with Crippen molar-refractivity contribution < 1.29 is 0 Å². The summed E-state index contributed by atoms with van der Waals surface area (Å²) in [5.74, 6) is 3.36. The molecule has 1 aromatic carbocycles. The van der Waals surface area contributed by atoms with Crippen LogP contribution in [0.5, 0.6) is 0 Å². The summed E-state index contributed by atoms with van der Waals surface area (Å²) in [6.45, 7) is 1.98. The molecule has 3 rings (SSSR count). The second-order valence-corrected chi connectivity index (χ2v) is 6.58. The molecule has 0 unspecified atom stereocenters. The van der Waals surface area contributed by atoms with E-state index >= 15 is 0 Å². The Labute approximate surface area is 148 Å². The molecule has 7 heteroatoms. The Morgan fingerprint density at radius 2 is 1.96 bits per heavy atom. The van der Waals surface area contributed by atoms with E-state index in [1.54, 1.807) is 7.05 Å². The molecule has 0 atom stereocenters. The highest BCUT2D eigenvalue weighted by Crippen LogP contribution is 2.26. The zero-order valence-corrected chi connectivity index (χ0v) is 14.9. The first-order valence-corrected chi connectivity index (χ1v) is 8.53. The first-order chi connectivity index (χ1) is 11.9. The Morgan fingerprint density at radius 3 is 2.64 bits per heavy atom. The average molecular weight is 352 g/mol. The van der Waals surface area contributed by atoms with E-state index in [0.717, 1.165) is 15.7 Å². The van der Waals surface area contributed by atoms with Crippen LogP contribution < -0.4 is 11.2 Å². The van der Waals surface area contributed by atoms with E-state index < -0.39 is 11.2 Å². The van der Waals surface area contributed by atoms with E-state index in [1.807, 2.05) is 31.2 Å². The summed E-state index contributed by atoms with van der Waals surface area (Å²) in [7, 11) is 3.03. The first-order valence-electron chi connectivity index (χ1n) is 7.55. The van der Waals surface area contributed by atoms with Gasteiger partial charge in [0.2, 0.25) is 0 Å². The molecule has 0 bridgehead atoms. The van der Waals surface area contributed by atoms with Crippen LogP contribution in [-0.2, 0) is 14.1 Å². The van der Waals surface area contributed by atoms with Crippen LogP contribution in [0, 0.1) is 19.3 Å². The van der Waals surface area contributed by atoms with Crippen LogP contribution in [-0.4, -0.2) is 24.9 Å². The summed E-state index contributed by atoms with van der Waals surface area (Å²) in [4.78, 5) is 33.9. The Kier molecular flexibility index (Phi) is 4.47. The zero-order valence-electron chi connectivity index (χ0n) is 14.1. The lowest BCUT2D eigenvalue weighted by Gasteiger charge is -2.11. The van der Waals surface area contributed by atoms with E-state index in [2.05, 4.69) is 15.9 Å². The van der Waals surface area contributed by atoms with Gasteiger partial charge in [-0.3, -0.25) is 13.9 Å². The molecule has 126 valence electrons. The normalized spacial score (nSPS) is 10.8. The topological polar surface area (TPSA) is 69.8 Å². The van der Waals surface area contributed by atoms with Crippen molar-refractivity contribution in [1.82, 2.24) is 19.1 Å². The van der Waals surface area contributed by atoms with Gasteiger partial charge in [0.05, 0.1) is 5.75 Å². The lowest BCUT2D eigenvalue weighted by atomic mass is 10.1. The summed E-state index contributed by atoms with van der Waals surface area (Å²) in [5.41, 5.74) is 1.33. The molecule has 6 nitrogen and oxygen atoms in total. The molecule has 2 heterocycles. The maximum absolute atomic E-state index is 12.6. The van der Waals surface area contributed by atoms with Crippen molar-refractivity contribution in [2.75, 3.05) is 5.75 Å². The molecule has 25 heavy (non-hydrogen) atoms. The van der Waals surface area contributed by atoms with Gasteiger partial charge < -0.3 is 0 Å². The van der Waals surface area contributed by atoms with Gasteiger partial charge >= 0.3 is 5.69 Å². The minimum Gasteiger partial charge on any atom is -0.280 e. The molecule has 0 radical (unpaired) electrons.